The fraction of sp³-hybridized carbons (Fsp3) is 0.129. The molecule has 4 rings (SSSR count). The predicted octanol–water partition coefficient (Wildman–Crippen LogP) is 6.90. The van der Waals surface area contributed by atoms with Gasteiger partial charge in [0.15, 0.2) is 0 Å². The molecule has 0 bridgehead atoms. The maximum Gasteiger partial charge on any atom is 0.338 e. The number of ether oxygens (including phenoxy) is 1. The number of esters is 1. The van der Waals surface area contributed by atoms with E-state index in [0.29, 0.717) is 29.1 Å². The lowest BCUT2D eigenvalue weighted by molar-refractivity contribution is -0.115. The maximum atomic E-state index is 13.4. The van der Waals surface area contributed by atoms with Crippen molar-refractivity contribution in [3.05, 3.63) is 125 Å². The zero-order valence-corrected chi connectivity index (χ0v) is 22.0. The van der Waals surface area contributed by atoms with Crippen LogP contribution in [0.4, 0.5) is 11.4 Å². The molecule has 38 heavy (non-hydrogen) atoms. The Morgan fingerprint density at radius 2 is 1.32 bits per heavy atom. The Bertz CT molecular complexity index is 1390. The number of amides is 2. The Morgan fingerprint density at radius 3 is 1.95 bits per heavy atom. The van der Waals surface area contributed by atoms with E-state index >= 15 is 0 Å². The van der Waals surface area contributed by atoms with Gasteiger partial charge in [-0.2, -0.15) is 0 Å². The van der Waals surface area contributed by atoms with Gasteiger partial charge in [0.1, 0.15) is 5.25 Å². The van der Waals surface area contributed by atoms with E-state index in [1.807, 2.05) is 73.7 Å². The molecule has 0 aromatic heterocycles. The number of anilines is 2. The summed E-state index contributed by atoms with van der Waals surface area (Å²) in [4.78, 5) is 38.7. The molecule has 0 fully saturated rings. The summed E-state index contributed by atoms with van der Waals surface area (Å²) in [5, 5.41) is 5.34. The number of nitrogens with one attached hydrogen (secondary N) is 2. The highest BCUT2D eigenvalue weighted by Gasteiger charge is 2.22. The predicted molar refractivity (Wildman–Crippen MR) is 152 cm³/mol. The highest BCUT2D eigenvalue weighted by molar-refractivity contribution is 8.00. The number of hydrogen-bond donors (Lipinski definition) is 2. The first-order chi connectivity index (χ1) is 18.4. The molecule has 2 N–H and O–H groups in total. The Hall–Kier alpha value is -4.36. The molecule has 0 saturated heterocycles. The first kappa shape index (κ1) is 26.7. The smallest absolute Gasteiger partial charge is 0.338 e. The molecule has 192 valence electrons. The Balaban J connectivity index is 1.45. The third kappa shape index (κ3) is 7.11. The number of hydrogen-bond acceptors (Lipinski definition) is 5. The third-order valence-electron chi connectivity index (χ3n) is 5.68. The summed E-state index contributed by atoms with van der Waals surface area (Å²) < 4.78 is 5.01. The summed E-state index contributed by atoms with van der Waals surface area (Å²) in [6.07, 6.45) is 0. The van der Waals surface area contributed by atoms with Gasteiger partial charge in [-0.25, -0.2) is 4.79 Å². The van der Waals surface area contributed by atoms with Crippen LogP contribution in [0.25, 0.3) is 0 Å². The van der Waals surface area contributed by atoms with Crippen LogP contribution in [-0.2, 0) is 9.53 Å². The van der Waals surface area contributed by atoms with Crippen molar-refractivity contribution in [3.8, 4) is 0 Å². The largest absolute Gasteiger partial charge is 0.462 e. The van der Waals surface area contributed by atoms with Gasteiger partial charge >= 0.3 is 5.97 Å². The lowest BCUT2D eigenvalue weighted by Gasteiger charge is -2.17. The zero-order chi connectivity index (χ0) is 26.9. The van der Waals surface area contributed by atoms with Crippen molar-refractivity contribution in [3.63, 3.8) is 0 Å². The minimum absolute atomic E-state index is 0.180. The molecule has 7 heteroatoms. The summed E-state index contributed by atoms with van der Waals surface area (Å²) in [6.45, 7) is 4.03. The number of aryl methyl sites for hydroxylation is 1. The lowest BCUT2D eigenvalue weighted by atomic mass is 10.1. The molecule has 4 aromatic rings. The average molecular weight is 525 g/mol. The number of carbonyl (C=O) groups excluding carboxylic acids is 3. The van der Waals surface area contributed by atoms with E-state index < -0.39 is 11.2 Å². The van der Waals surface area contributed by atoms with E-state index in [0.717, 1.165) is 16.0 Å². The molecule has 1 unspecified atom stereocenters. The van der Waals surface area contributed by atoms with E-state index in [9.17, 15) is 14.4 Å². The van der Waals surface area contributed by atoms with Crippen LogP contribution < -0.4 is 10.6 Å². The van der Waals surface area contributed by atoms with Crippen LogP contribution in [0.15, 0.2) is 108 Å². The van der Waals surface area contributed by atoms with Crippen molar-refractivity contribution >= 4 is 40.9 Å². The van der Waals surface area contributed by atoms with Crippen LogP contribution in [-0.4, -0.2) is 24.4 Å². The second kappa shape index (κ2) is 12.7. The minimum Gasteiger partial charge on any atom is -0.462 e. The summed E-state index contributed by atoms with van der Waals surface area (Å²) in [5.41, 5.74) is 4.21. The van der Waals surface area contributed by atoms with Crippen LogP contribution in [0.2, 0.25) is 0 Å². The van der Waals surface area contributed by atoms with Crippen LogP contribution in [0.5, 0.6) is 0 Å². The summed E-state index contributed by atoms with van der Waals surface area (Å²) in [5.74, 6) is -0.774. The van der Waals surface area contributed by atoms with Gasteiger partial charge in [0, 0.05) is 21.8 Å². The van der Waals surface area contributed by atoms with E-state index in [1.54, 1.807) is 43.3 Å². The number of benzene rings is 4. The highest BCUT2D eigenvalue weighted by Crippen LogP contribution is 2.36. The SMILES string of the molecule is CCOC(=O)c1ccc(NC(=O)C(Sc2ccc(NC(=O)c3ccc(C)cc3)cc2)c2ccccc2)cc1. The van der Waals surface area contributed by atoms with Gasteiger partial charge < -0.3 is 15.4 Å². The summed E-state index contributed by atoms with van der Waals surface area (Å²) >= 11 is 1.41. The van der Waals surface area contributed by atoms with Crippen LogP contribution in [0.3, 0.4) is 0 Å². The van der Waals surface area contributed by atoms with E-state index in [4.69, 9.17) is 4.74 Å². The molecule has 1 atom stereocenters. The first-order valence-electron chi connectivity index (χ1n) is 12.2. The van der Waals surface area contributed by atoms with Crippen molar-refractivity contribution in [1.82, 2.24) is 0 Å². The van der Waals surface area contributed by atoms with Crippen molar-refractivity contribution in [2.75, 3.05) is 17.2 Å². The molecule has 0 aliphatic heterocycles. The highest BCUT2D eigenvalue weighted by atomic mass is 32.2. The second-order valence-corrected chi connectivity index (χ2v) is 9.72. The standard InChI is InChI=1S/C31H28N2O4S/c1-3-37-31(36)24-13-15-25(16-14-24)33-30(35)28(22-7-5-4-6-8-22)38-27-19-17-26(18-20-27)32-29(34)23-11-9-21(2)10-12-23/h4-20,28H,3H2,1-2H3,(H,32,34)(H,33,35). The molecule has 0 saturated carbocycles. The van der Waals surface area contributed by atoms with Crippen LogP contribution in [0.1, 0.15) is 44.0 Å². The van der Waals surface area contributed by atoms with Gasteiger partial charge in [-0.3, -0.25) is 9.59 Å². The maximum absolute atomic E-state index is 13.4. The van der Waals surface area contributed by atoms with Crippen molar-refractivity contribution in [2.24, 2.45) is 0 Å². The molecule has 0 heterocycles. The molecule has 4 aromatic carbocycles. The fourth-order valence-electron chi connectivity index (χ4n) is 3.67. The van der Waals surface area contributed by atoms with Crippen LogP contribution >= 0.6 is 11.8 Å². The Morgan fingerprint density at radius 1 is 0.737 bits per heavy atom. The monoisotopic (exact) mass is 524 g/mol. The summed E-state index contributed by atoms with van der Waals surface area (Å²) in [7, 11) is 0. The van der Waals surface area contributed by atoms with Crippen LogP contribution in [0, 0.1) is 6.92 Å². The van der Waals surface area contributed by atoms with E-state index in [2.05, 4.69) is 10.6 Å². The fourth-order valence-corrected chi connectivity index (χ4v) is 4.70. The molecule has 0 spiro atoms. The zero-order valence-electron chi connectivity index (χ0n) is 21.1. The number of carbonyl (C=O) groups is 3. The summed E-state index contributed by atoms with van der Waals surface area (Å²) in [6, 6.07) is 30.9. The minimum atomic E-state index is -0.520. The third-order valence-corrected chi connectivity index (χ3v) is 6.95. The van der Waals surface area contributed by atoms with Gasteiger partial charge in [-0.15, -0.1) is 11.8 Å². The molecule has 2 amide bonds. The molecule has 6 nitrogen and oxygen atoms in total. The second-order valence-electron chi connectivity index (χ2n) is 8.54. The number of rotatable bonds is 9. The van der Waals surface area contributed by atoms with Gasteiger partial charge in [0.05, 0.1) is 12.2 Å². The molecular formula is C31H28N2O4S. The van der Waals surface area contributed by atoms with Crippen molar-refractivity contribution in [1.29, 1.82) is 0 Å². The Kier molecular flexibility index (Phi) is 8.95. The van der Waals surface area contributed by atoms with E-state index in [-0.39, 0.29) is 11.8 Å². The van der Waals surface area contributed by atoms with Gasteiger partial charge in [0.25, 0.3) is 5.91 Å². The molecule has 0 aliphatic rings. The molecule has 0 aliphatic carbocycles. The van der Waals surface area contributed by atoms with Gasteiger partial charge in [0.2, 0.25) is 5.91 Å². The Labute approximate surface area is 226 Å². The average Bonchev–Trinajstić information content (AvgIpc) is 2.94. The molecular weight excluding hydrogens is 496 g/mol. The molecule has 0 radical (unpaired) electrons. The van der Waals surface area contributed by atoms with Gasteiger partial charge in [-0.05, 0) is 80.1 Å². The van der Waals surface area contributed by atoms with E-state index in [1.165, 1.54) is 11.8 Å². The first-order valence-corrected chi connectivity index (χ1v) is 13.1. The van der Waals surface area contributed by atoms with Crippen molar-refractivity contribution < 1.29 is 19.1 Å². The van der Waals surface area contributed by atoms with Crippen molar-refractivity contribution in [2.45, 2.75) is 24.0 Å². The van der Waals surface area contributed by atoms with Gasteiger partial charge in [-0.1, -0.05) is 48.0 Å². The lowest BCUT2D eigenvalue weighted by Crippen LogP contribution is -2.19. The number of thioether (sulfide) groups is 1. The topological polar surface area (TPSA) is 84.5 Å². The normalized spacial score (nSPS) is 11.3. The quantitative estimate of drug-likeness (QED) is 0.184.